The summed E-state index contributed by atoms with van der Waals surface area (Å²) in [4.78, 5) is 33.5. The number of aromatic nitrogens is 2. The van der Waals surface area contributed by atoms with Crippen molar-refractivity contribution >= 4 is 28.6 Å². The predicted octanol–water partition coefficient (Wildman–Crippen LogP) is 1.74. The van der Waals surface area contributed by atoms with Crippen LogP contribution in [-0.4, -0.2) is 46.2 Å². The molecule has 0 aliphatic carbocycles. The van der Waals surface area contributed by atoms with Crippen LogP contribution in [0.3, 0.4) is 0 Å². The number of hydrogen-bond acceptors (Lipinski definition) is 5. The molecule has 134 valence electrons. The molecule has 1 fully saturated rings. The highest BCUT2D eigenvalue weighted by atomic mass is 32.2. The van der Waals surface area contributed by atoms with E-state index in [0.717, 1.165) is 19.5 Å². The van der Waals surface area contributed by atoms with E-state index in [-0.39, 0.29) is 16.9 Å². The number of likely N-dealkylation sites (tertiary alicyclic amines) is 1. The fourth-order valence-electron chi connectivity index (χ4n) is 3.09. The summed E-state index contributed by atoms with van der Waals surface area (Å²) >= 11 is 1.61. The van der Waals surface area contributed by atoms with Crippen molar-refractivity contribution in [2.75, 3.05) is 25.4 Å². The van der Waals surface area contributed by atoms with Gasteiger partial charge >= 0.3 is 0 Å². The number of benzene rings is 1. The van der Waals surface area contributed by atoms with Crippen molar-refractivity contribution in [1.29, 1.82) is 0 Å². The zero-order valence-electron chi connectivity index (χ0n) is 14.5. The van der Waals surface area contributed by atoms with Gasteiger partial charge in [-0.25, -0.2) is 4.98 Å². The van der Waals surface area contributed by atoms with Gasteiger partial charge in [0.25, 0.3) is 5.56 Å². The SMILES string of the molecule is CC1(CN)CCN(C(=O)CCSCc2nc3ccccc3c(=O)[nH]2)C1. The molecule has 3 rings (SSSR count). The van der Waals surface area contributed by atoms with Crippen LogP contribution < -0.4 is 11.3 Å². The lowest BCUT2D eigenvalue weighted by molar-refractivity contribution is -0.130. The summed E-state index contributed by atoms with van der Waals surface area (Å²) in [5, 5.41) is 0.600. The molecule has 0 saturated carbocycles. The molecule has 1 saturated heterocycles. The largest absolute Gasteiger partial charge is 0.342 e. The molecule has 2 heterocycles. The Morgan fingerprint density at radius 2 is 2.24 bits per heavy atom. The first-order chi connectivity index (χ1) is 12.0. The summed E-state index contributed by atoms with van der Waals surface area (Å²) in [6.07, 6.45) is 1.48. The average molecular weight is 360 g/mol. The normalized spacial score (nSPS) is 20.3. The summed E-state index contributed by atoms with van der Waals surface area (Å²) < 4.78 is 0. The van der Waals surface area contributed by atoms with Gasteiger partial charge in [-0.1, -0.05) is 19.1 Å². The fraction of sp³-hybridized carbons (Fsp3) is 0.500. The van der Waals surface area contributed by atoms with Gasteiger partial charge in [0.2, 0.25) is 5.91 Å². The molecule has 1 aliphatic rings. The molecular formula is C18H24N4O2S. The third kappa shape index (κ3) is 4.22. The number of thioether (sulfide) groups is 1. The number of amides is 1. The number of fused-ring (bicyclic) bond motifs is 1. The minimum Gasteiger partial charge on any atom is -0.342 e. The molecular weight excluding hydrogens is 336 g/mol. The molecule has 3 N–H and O–H groups in total. The number of nitrogens with zero attached hydrogens (tertiary/aromatic N) is 2. The van der Waals surface area contributed by atoms with E-state index in [9.17, 15) is 9.59 Å². The molecule has 25 heavy (non-hydrogen) atoms. The maximum atomic E-state index is 12.3. The lowest BCUT2D eigenvalue weighted by Gasteiger charge is -2.22. The number of H-pyrrole nitrogens is 1. The van der Waals surface area contributed by atoms with Crippen LogP contribution in [0.2, 0.25) is 0 Å². The van der Waals surface area contributed by atoms with Crippen molar-refractivity contribution in [2.24, 2.45) is 11.1 Å². The molecule has 2 aromatic rings. The second-order valence-electron chi connectivity index (χ2n) is 6.91. The van der Waals surface area contributed by atoms with E-state index in [1.165, 1.54) is 0 Å². The summed E-state index contributed by atoms with van der Waals surface area (Å²) in [7, 11) is 0. The summed E-state index contributed by atoms with van der Waals surface area (Å²) in [5.41, 5.74) is 6.45. The van der Waals surface area contributed by atoms with Gasteiger partial charge in [0.1, 0.15) is 5.82 Å². The standard InChI is InChI=1S/C18H24N4O2S/c1-18(11-19)7-8-22(12-18)16(23)6-9-25-10-15-20-14-5-3-2-4-13(14)17(24)21-15/h2-5H,6-12,19H2,1H3,(H,20,21,24). The molecule has 1 aromatic heterocycles. The topological polar surface area (TPSA) is 92.1 Å². The van der Waals surface area contributed by atoms with Crippen LogP contribution in [0.5, 0.6) is 0 Å². The quantitative estimate of drug-likeness (QED) is 0.766. The Hall–Kier alpha value is -1.86. The first kappa shape index (κ1) is 17.9. The van der Waals surface area contributed by atoms with Gasteiger partial charge in [-0.2, -0.15) is 11.8 Å². The molecule has 0 bridgehead atoms. The van der Waals surface area contributed by atoms with Crippen molar-refractivity contribution in [3.05, 3.63) is 40.4 Å². The highest BCUT2D eigenvalue weighted by Gasteiger charge is 2.34. The van der Waals surface area contributed by atoms with Crippen LogP contribution >= 0.6 is 11.8 Å². The highest BCUT2D eigenvalue weighted by molar-refractivity contribution is 7.98. The monoisotopic (exact) mass is 360 g/mol. The third-order valence-corrected chi connectivity index (χ3v) is 5.73. The minimum atomic E-state index is -0.115. The van der Waals surface area contributed by atoms with Gasteiger partial charge < -0.3 is 15.6 Å². The van der Waals surface area contributed by atoms with Crippen LogP contribution in [0.1, 0.15) is 25.6 Å². The summed E-state index contributed by atoms with van der Waals surface area (Å²) in [5.74, 6) is 2.14. The third-order valence-electron chi connectivity index (χ3n) is 4.76. The van der Waals surface area contributed by atoms with Crippen molar-refractivity contribution in [3.8, 4) is 0 Å². The molecule has 0 radical (unpaired) electrons. The van der Waals surface area contributed by atoms with E-state index in [1.54, 1.807) is 17.8 Å². The van der Waals surface area contributed by atoms with Crippen LogP contribution in [-0.2, 0) is 10.5 Å². The zero-order valence-corrected chi connectivity index (χ0v) is 15.3. The number of rotatable bonds is 6. The lowest BCUT2D eigenvalue weighted by Crippen LogP contribution is -2.34. The smallest absolute Gasteiger partial charge is 0.258 e. The lowest BCUT2D eigenvalue weighted by atomic mass is 9.90. The number of carbonyl (C=O) groups is 1. The highest BCUT2D eigenvalue weighted by Crippen LogP contribution is 2.29. The maximum absolute atomic E-state index is 12.3. The molecule has 0 spiro atoms. The Kier molecular flexibility index (Phi) is 5.44. The number of carbonyl (C=O) groups excluding carboxylic acids is 1. The first-order valence-electron chi connectivity index (χ1n) is 8.54. The van der Waals surface area contributed by atoms with Gasteiger partial charge in [-0.3, -0.25) is 9.59 Å². The molecule has 1 amide bonds. The first-order valence-corrected chi connectivity index (χ1v) is 9.70. The maximum Gasteiger partial charge on any atom is 0.258 e. The Morgan fingerprint density at radius 1 is 1.44 bits per heavy atom. The number of nitrogens with one attached hydrogen (secondary N) is 1. The van der Waals surface area contributed by atoms with Crippen LogP contribution in [0.15, 0.2) is 29.1 Å². The van der Waals surface area contributed by atoms with E-state index in [4.69, 9.17) is 5.73 Å². The molecule has 1 unspecified atom stereocenters. The average Bonchev–Trinajstić information content (AvgIpc) is 3.02. The van der Waals surface area contributed by atoms with E-state index < -0.39 is 0 Å². The Balaban J connectivity index is 1.49. The van der Waals surface area contributed by atoms with Crippen LogP contribution in [0, 0.1) is 5.41 Å². The number of para-hydroxylation sites is 1. The number of aromatic amines is 1. The molecule has 1 atom stereocenters. The predicted molar refractivity (Wildman–Crippen MR) is 102 cm³/mol. The molecule has 6 nitrogen and oxygen atoms in total. The van der Waals surface area contributed by atoms with Crippen LogP contribution in [0.25, 0.3) is 10.9 Å². The van der Waals surface area contributed by atoms with E-state index in [1.807, 2.05) is 23.1 Å². The van der Waals surface area contributed by atoms with Gasteiger partial charge in [-0.15, -0.1) is 0 Å². The fourth-order valence-corrected chi connectivity index (χ4v) is 3.89. The Bertz CT molecular complexity index is 822. The van der Waals surface area contributed by atoms with Crippen molar-refractivity contribution in [3.63, 3.8) is 0 Å². The molecule has 7 heteroatoms. The van der Waals surface area contributed by atoms with Gasteiger partial charge in [-0.05, 0) is 30.5 Å². The minimum absolute atomic E-state index is 0.0668. The van der Waals surface area contributed by atoms with Crippen molar-refractivity contribution in [2.45, 2.75) is 25.5 Å². The van der Waals surface area contributed by atoms with Crippen molar-refractivity contribution < 1.29 is 4.79 Å². The molecule has 1 aliphatic heterocycles. The number of hydrogen-bond donors (Lipinski definition) is 2. The van der Waals surface area contributed by atoms with Gasteiger partial charge in [0.05, 0.1) is 16.7 Å². The van der Waals surface area contributed by atoms with Gasteiger partial charge in [0, 0.05) is 25.3 Å². The van der Waals surface area contributed by atoms with Gasteiger partial charge in [0.15, 0.2) is 0 Å². The van der Waals surface area contributed by atoms with E-state index in [2.05, 4.69) is 16.9 Å². The summed E-state index contributed by atoms with van der Waals surface area (Å²) in [6.45, 7) is 4.31. The molecule has 1 aromatic carbocycles. The summed E-state index contributed by atoms with van der Waals surface area (Å²) in [6, 6.07) is 7.30. The second kappa shape index (κ2) is 7.58. The number of nitrogens with two attached hydrogens (primary N) is 1. The zero-order chi connectivity index (χ0) is 17.9. The second-order valence-corrected chi connectivity index (χ2v) is 8.02. The van der Waals surface area contributed by atoms with Crippen molar-refractivity contribution in [1.82, 2.24) is 14.9 Å². The van der Waals surface area contributed by atoms with E-state index in [0.29, 0.717) is 41.2 Å². The Morgan fingerprint density at radius 3 is 3.00 bits per heavy atom. The van der Waals surface area contributed by atoms with E-state index >= 15 is 0 Å². The van der Waals surface area contributed by atoms with Crippen LogP contribution in [0.4, 0.5) is 0 Å². The Labute approximate surface area is 151 Å².